The molecule has 0 radical (unpaired) electrons. The first-order chi connectivity index (χ1) is 18.3. The van der Waals surface area contributed by atoms with Crippen LogP contribution < -0.4 is 0 Å². The summed E-state index contributed by atoms with van der Waals surface area (Å²) in [7, 11) is 0. The summed E-state index contributed by atoms with van der Waals surface area (Å²) in [5.41, 5.74) is 2.54. The van der Waals surface area contributed by atoms with Crippen LogP contribution in [-0.2, 0) is 16.9 Å². The lowest BCUT2D eigenvalue weighted by molar-refractivity contribution is -0.0640. The van der Waals surface area contributed by atoms with Gasteiger partial charge in [-0.05, 0) is 74.4 Å². The summed E-state index contributed by atoms with van der Waals surface area (Å²) in [6.07, 6.45) is 5.83. The fourth-order valence-electron chi connectivity index (χ4n) is 5.40. The van der Waals surface area contributed by atoms with Gasteiger partial charge in [-0.3, -0.25) is 4.98 Å². The van der Waals surface area contributed by atoms with Crippen LogP contribution >= 0.6 is 23.2 Å². The number of nitrogens with zero attached hydrogens (tertiary/aromatic N) is 2. The maximum atomic E-state index is 11.7. The highest BCUT2D eigenvalue weighted by molar-refractivity contribution is 6.39. The van der Waals surface area contributed by atoms with Crippen LogP contribution in [0.1, 0.15) is 71.7 Å². The predicted molar refractivity (Wildman–Crippen MR) is 144 cm³/mol. The molecule has 2 fully saturated rings. The summed E-state index contributed by atoms with van der Waals surface area (Å²) in [5.74, 6) is 0.156. The van der Waals surface area contributed by atoms with Crippen LogP contribution in [0, 0.1) is 0 Å². The highest BCUT2D eigenvalue weighted by atomic mass is 35.5. The molecule has 0 amide bonds. The normalized spacial score (nSPS) is 21.6. The summed E-state index contributed by atoms with van der Waals surface area (Å²) in [4.78, 5) is 15.9. The third-order valence-electron chi connectivity index (χ3n) is 7.70. The third-order valence-corrected chi connectivity index (χ3v) is 8.33. The van der Waals surface area contributed by atoms with Crippen LogP contribution in [0.25, 0.3) is 22.2 Å². The van der Waals surface area contributed by atoms with E-state index in [9.17, 15) is 15.0 Å². The lowest BCUT2D eigenvalue weighted by atomic mass is 9.78. The molecular formula is C29H26Cl2N2O5. The van der Waals surface area contributed by atoms with Gasteiger partial charge in [0.15, 0.2) is 0 Å². The smallest absolute Gasteiger partial charge is 0.336 e. The number of aromatic nitrogens is 2. The first-order valence-corrected chi connectivity index (χ1v) is 13.5. The van der Waals surface area contributed by atoms with E-state index in [4.69, 9.17) is 32.5 Å². The Hall–Kier alpha value is -2.97. The standard InChI is InChI=1S/C29H26Cl2N2O5/c30-22-2-1-3-23(31)25(22)26-21(27(38-33-26)16-4-5-16)15-37-18-8-11-29(36,12-9-18)17-6-7-24-20(14-17)19(28(34)35)10-13-32-24/h1-3,6-7,10,13-14,16,18,36H,4-5,8-9,11-12,15H2,(H,34,35)/t18-,29-. The molecular weight excluding hydrogens is 527 g/mol. The van der Waals surface area contributed by atoms with E-state index in [1.807, 2.05) is 6.07 Å². The van der Waals surface area contributed by atoms with Gasteiger partial charge in [0, 0.05) is 28.6 Å². The van der Waals surface area contributed by atoms with E-state index in [-0.39, 0.29) is 11.7 Å². The maximum Gasteiger partial charge on any atom is 0.336 e. The third kappa shape index (κ3) is 4.69. The second kappa shape index (κ2) is 9.97. The number of halogens is 2. The maximum absolute atomic E-state index is 11.7. The van der Waals surface area contributed by atoms with Crippen molar-refractivity contribution in [1.82, 2.24) is 10.1 Å². The van der Waals surface area contributed by atoms with Crippen LogP contribution in [0.4, 0.5) is 0 Å². The van der Waals surface area contributed by atoms with Crippen molar-refractivity contribution < 1.29 is 24.3 Å². The highest BCUT2D eigenvalue weighted by Gasteiger charge is 2.37. The Morgan fingerprint density at radius 2 is 1.82 bits per heavy atom. The van der Waals surface area contributed by atoms with Crippen molar-refractivity contribution in [2.24, 2.45) is 0 Å². The summed E-state index contributed by atoms with van der Waals surface area (Å²) >= 11 is 12.9. The number of rotatable bonds is 7. The van der Waals surface area contributed by atoms with Crippen molar-refractivity contribution in [2.75, 3.05) is 0 Å². The van der Waals surface area contributed by atoms with Gasteiger partial charge in [-0.15, -0.1) is 0 Å². The molecule has 2 aliphatic rings. The minimum Gasteiger partial charge on any atom is -0.478 e. The van der Waals surface area contributed by atoms with Crippen molar-refractivity contribution in [1.29, 1.82) is 0 Å². The number of pyridine rings is 1. The minimum absolute atomic E-state index is 0.0523. The summed E-state index contributed by atoms with van der Waals surface area (Å²) < 4.78 is 12.1. The van der Waals surface area contributed by atoms with Crippen molar-refractivity contribution in [2.45, 2.75) is 62.8 Å². The van der Waals surface area contributed by atoms with Crippen molar-refractivity contribution in [3.8, 4) is 11.3 Å². The molecule has 0 bridgehead atoms. The quantitative estimate of drug-likeness (QED) is 0.251. The molecule has 2 heterocycles. The summed E-state index contributed by atoms with van der Waals surface area (Å²) in [6.45, 7) is 0.318. The Labute approximate surface area is 229 Å². The van der Waals surface area contributed by atoms with Crippen LogP contribution in [0.3, 0.4) is 0 Å². The van der Waals surface area contributed by atoms with Gasteiger partial charge in [0.25, 0.3) is 0 Å². The van der Waals surface area contributed by atoms with E-state index >= 15 is 0 Å². The molecule has 2 aromatic heterocycles. The number of aliphatic hydroxyl groups is 1. The average molecular weight is 553 g/mol. The summed E-state index contributed by atoms with van der Waals surface area (Å²) in [5, 5.41) is 26.9. The van der Waals surface area contributed by atoms with E-state index in [1.54, 1.807) is 30.3 Å². The molecule has 196 valence electrons. The number of ether oxygens (including phenoxy) is 1. The molecule has 0 spiro atoms. The van der Waals surface area contributed by atoms with Gasteiger partial charge in [0.1, 0.15) is 11.5 Å². The fraction of sp³-hybridized carbons (Fsp3) is 0.345. The van der Waals surface area contributed by atoms with Gasteiger partial charge in [-0.25, -0.2) is 4.79 Å². The second-order valence-electron chi connectivity index (χ2n) is 10.2. The number of aromatic carboxylic acids is 1. The zero-order valence-electron chi connectivity index (χ0n) is 20.5. The number of fused-ring (bicyclic) bond motifs is 1. The van der Waals surface area contributed by atoms with E-state index in [0.717, 1.165) is 24.2 Å². The SMILES string of the molecule is O=C(O)c1ccnc2ccc([C@]3(O)CC[C@H](OCc4c(-c5c(Cl)cccc5Cl)noc4C4CC4)CC3)cc12. The monoisotopic (exact) mass is 552 g/mol. The number of benzene rings is 2. The molecule has 2 saturated carbocycles. The van der Waals surface area contributed by atoms with Gasteiger partial charge >= 0.3 is 5.97 Å². The molecule has 0 atom stereocenters. The van der Waals surface area contributed by atoms with Gasteiger partial charge < -0.3 is 19.5 Å². The Kier molecular flexibility index (Phi) is 6.64. The number of carbonyl (C=O) groups is 1. The topological polar surface area (TPSA) is 106 Å². The Bertz CT molecular complexity index is 1500. The van der Waals surface area contributed by atoms with E-state index in [1.165, 1.54) is 12.3 Å². The van der Waals surface area contributed by atoms with Crippen molar-refractivity contribution >= 4 is 40.1 Å². The lowest BCUT2D eigenvalue weighted by Crippen LogP contribution is -2.34. The molecule has 7 nitrogen and oxygen atoms in total. The predicted octanol–water partition coefficient (Wildman–Crippen LogP) is 7.12. The summed E-state index contributed by atoms with van der Waals surface area (Å²) in [6, 6.07) is 12.2. The number of carboxylic acids is 1. The molecule has 9 heteroatoms. The molecule has 38 heavy (non-hydrogen) atoms. The molecule has 0 unspecified atom stereocenters. The average Bonchev–Trinajstić information content (AvgIpc) is 3.67. The van der Waals surface area contributed by atoms with Crippen LogP contribution in [-0.4, -0.2) is 32.4 Å². The van der Waals surface area contributed by atoms with E-state index in [2.05, 4.69) is 10.1 Å². The van der Waals surface area contributed by atoms with Crippen LogP contribution in [0.5, 0.6) is 0 Å². The fourth-order valence-corrected chi connectivity index (χ4v) is 5.97. The molecule has 0 saturated heterocycles. The molecule has 2 aliphatic carbocycles. The van der Waals surface area contributed by atoms with E-state index < -0.39 is 11.6 Å². The minimum atomic E-state index is -1.06. The first kappa shape index (κ1) is 25.3. The Balaban J connectivity index is 1.19. The van der Waals surface area contributed by atoms with Gasteiger partial charge in [0.2, 0.25) is 0 Å². The number of carboxylic acid groups (broad SMARTS) is 1. The lowest BCUT2D eigenvalue weighted by Gasteiger charge is -2.36. The van der Waals surface area contributed by atoms with Crippen LogP contribution in [0.15, 0.2) is 53.2 Å². The number of hydrogen-bond donors (Lipinski definition) is 2. The first-order valence-electron chi connectivity index (χ1n) is 12.7. The molecule has 4 aromatic rings. The largest absolute Gasteiger partial charge is 0.478 e. The molecule has 0 aliphatic heterocycles. The van der Waals surface area contributed by atoms with Gasteiger partial charge in [0.05, 0.1) is 39.4 Å². The highest BCUT2D eigenvalue weighted by Crippen LogP contribution is 2.46. The van der Waals surface area contributed by atoms with E-state index in [0.29, 0.717) is 76.0 Å². The van der Waals surface area contributed by atoms with Crippen LogP contribution in [0.2, 0.25) is 10.0 Å². The Morgan fingerprint density at radius 3 is 2.50 bits per heavy atom. The van der Waals surface area contributed by atoms with Crippen molar-refractivity contribution in [3.05, 3.63) is 81.2 Å². The zero-order valence-corrected chi connectivity index (χ0v) is 22.0. The zero-order chi connectivity index (χ0) is 26.4. The number of hydrogen-bond acceptors (Lipinski definition) is 6. The van der Waals surface area contributed by atoms with Crippen molar-refractivity contribution in [3.63, 3.8) is 0 Å². The Morgan fingerprint density at radius 1 is 1.08 bits per heavy atom. The van der Waals surface area contributed by atoms with Gasteiger partial charge in [-0.1, -0.05) is 40.5 Å². The molecule has 2 aromatic carbocycles. The molecule has 6 rings (SSSR count). The van der Waals surface area contributed by atoms with Gasteiger partial charge in [-0.2, -0.15) is 0 Å². The second-order valence-corrected chi connectivity index (χ2v) is 11.0. The molecule has 2 N–H and O–H groups in total.